The van der Waals surface area contributed by atoms with Gasteiger partial charge in [0.05, 0.1) is 17.2 Å². The maximum absolute atomic E-state index is 14.5. The van der Waals surface area contributed by atoms with Gasteiger partial charge in [-0.3, -0.25) is 14.4 Å². The first-order valence-corrected chi connectivity index (χ1v) is 11.0. The first-order valence-electron chi connectivity index (χ1n) is 10.6. The smallest absolute Gasteiger partial charge is 0.170 e. The van der Waals surface area contributed by atoms with Crippen LogP contribution in [0.2, 0.25) is 0 Å². The molecule has 3 heterocycles. The largest absolute Gasteiger partial charge is 0.309 e. The lowest BCUT2D eigenvalue weighted by Gasteiger charge is -2.44. The van der Waals surface area contributed by atoms with Gasteiger partial charge in [0, 0.05) is 37.7 Å². The molecule has 1 N–H and O–H groups in total. The molecule has 0 radical (unpaired) electrons. The van der Waals surface area contributed by atoms with E-state index in [1.54, 1.807) is 6.07 Å². The minimum absolute atomic E-state index is 0.0241. The molecular formula is C22H26ClFN4O. The number of alkyl halides is 1. The fraction of sp³-hybridized carbons (Fsp3) is 0.545. The molecule has 1 aromatic carbocycles. The minimum atomic E-state index is -0.329. The van der Waals surface area contributed by atoms with Crippen molar-refractivity contribution in [2.45, 2.75) is 56.2 Å². The van der Waals surface area contributed by atoms with Gasteiger partial charge in [0.15, 0.2) is 6.29 Å². The van der Waals surface area contributed by atoms with Crippen molar-refractivity contribution < 1.29 is 9.18 Å². The first kappa shape index (κ1) is 19.2. The van der Waals surface area contributed by atoms with Crippen LogP contribution in [0.25, 0.3) is 0 Å². The van der Waals surface area contributed by atoms with E-state index < -0.39 is 0 Å². The molecule has 5 rings (SSSR count). The number of hydrogen-bond donors (Lipinski definition) is 1. The summed E-state index contributed by atoms with van der Waals surface area (Å²) in [7, 11) is 0. The van der Waals surface area contributed by atoms with Crippen LogP contribution < -0.4 is 5.32 Å². The van der Waals surface area contributed by atoms with Crippen molar-refractivity contribution in [1.29, 1.82) is 0 Å². The summed E-state index contributed by atoms with van der Waals surface area (Å²) in [5.74, 6) is 0.413. The summed E-state index contributed by atoms with van der Waals surface area (Å²) in [4.78, 5) is 14.1. The standard InChI is InChI=1S/C22H26ClFN4O/c23-22-16(15-4-1-2-6-17(15)24)5-3-9-27(22)19-10-25-11-20-21(19)18(13-29)26-28(20)12-14-7-8-14/h1-2,4,6,13-14,16,19,22,25H,3,5,7-12H2. The Morgan fingerprint density at radius 2 is 2.10 bits per heavy atom. The highest BCUT2D eigenvalue weighted by Crippen LogP contribution is 2.42. The molecule has 1 saturated heterocycles. The Labute approximate surface area is 175 Å². The molecule has 2 aromatic rings. The third kappa shape index (κ3) is 3.51. The topological polar surface area (TPSA) is 50.2 Å². The van der Waals surface area contributed by atoms with Crippen LogP contribution in [-0.2, 0) is 13.1 Å². The fourth-order valence-electron chi connectivity index (χ4n) is 4.97. The van der Waals surface area contributed by atoms with Crippen molar-refractivity contribution in [2.75, 3.05) is 13.1 Å². The lowest BCUT2D eigenvalue weighted by Crippen LogP contribution is -2.48. The number of nitrogens with one attached hydrogen (secondary N) is 1. The number of fused-ring (bicyclic) bond motifs is 1. The molecule has 7 heteroatoms. The summed E-state index contributed by atoms with van der Waals surface area (Å²) < 4.78 is 16.5. The zero-order valence-corrected chi connectivity index (χ0v) is 17.1. The molecule has 3 atom stereocenters. The number of carbonyl (C=O) groups is 1. The Balaban J connectivity index is 1.48. The van der Waals surface area contributed by atoms with Gasteiger partial charge in [-0.25, -0.2) is 4.39 Å². The van der Waals surface area contributed by atoms with E-state index in [-0.39, 0.29) is 23.3 Å². The van der Waals surface area contributed by atoms with Crippen LogP contribution in [0.3, 0.4) is 0 Å². The zero-order valence-electron chi connectivity index (χ0n) is 16.4. The molecule has 0 spiro atoms. The number of nitrogens with zero attached hydrogens (tertiary/aromatic N) is 3. The molecule has 1 saturated carbocycles. The quantitative estimate of drug-likeness (QED) is 0.457. The Hall–Kier alpha value is -1.76. The van der Waals surface area contributed by atoms with Gasteiger partial charge < -0.3 is 5.32 Å². The van der Waals surface area contributed by atoms with E-state index in [2.05, 4.69) is 15.3 Å². The van der Waals surface area contributed by atoms with E-state index >= 15 is 0 Å². The van der Waals surface area contributed by atoms with Crippen molar-refractivity contribution >= 4 is 17.9 Å². The Bertz CT molecular complexity index is 912. The van der Waals surface area contributed by atoms with E-state index in [1.807, 2.05) is 16.8 Å². The van der Waals surface area contributed by atoms with Crippen LogP contribution in [0, 0.1) is 11.7 Å². The molecular weight excluding hydrogens is 391 g/mol. The second-order valence-corrected chi connectivity index (χ2v) is 8.96. The van der Waals surface area contributed by atoms with Crippen molar-refractivity contribution in [3.8, 4) is 0 Å². The van der Waals surface area contributed by atoms with E-state index in [1.165, 1.54) is 18.9 Å². The number of benzene rings is 1. The van der Waals surface area contributed by atoms with E-state index in [0.717, 1.165) is 56.6 Å². The van der Waals surface area contributed by atoms with Gasteiger partial charge in [-0.2, -0.15) is 5.10 Å². The molecule has 2 aliphatic heterocycles. The molecule has 1 aliphatic carbocycles. The molecule has 0 bridgehead atoms. The maximum Gasteiger partial charge on any atom is 0.170 e. The van der Waals surface area contributed by atoms with Gasteiger partial charge in [0.2, 0.25) is 0 Å². The third-order valence-electron chi connectivity index (χ3n) is 6.62. The van der Waals surface area contributed by atoms with Gasteiger partial charge >= 0.3 is 0 Å². The van der Waals surface area contributed by atoms with Gasteiger partial charge in [-0.15, -0.1) is 11.6 Å². The van der Waals surface area contributed by atoms with Crippen molar-refractivity contribution in [3.63, 3.8) is 0 Å². The normalized spacial score (nSPS) is 27.6. The number of halogens is 2. The summed E-state index contributed by atoms with van der Waals surface area (Å²) >= 11 is 6.97. The van der Waals surface area contributed by atoms with Gasteiger partial charge in [-0.1, -0.05) is 18.2 Å². The summed E-state index contributed by atoms with van der Waals surface area (Å²) in [6.07, 6.45) is 5.16. The van der Waals surface area contributed by atoms with Gasteiger partial charge in [-0.05, 0) is 43.2 Å². The first-order chi connectivity index (χ1) is 14.2. The monoisotopic (exact) mass is 416 g/mol. The number of aromatic nitrogens is 2. The minimum Gasteiger partial charge on any atom is -0.309 e. The number of hydrogen-bond acceptors (Lipinski definition) is 4. The predicted octanol–water partition coefficient (Wildman–Crippen LogP) is 3.83. The van der Waals surface area contributed by atoms with Gasteiger partial charge in [0.25, 0.3) is 0 Å². The zero-order chi connectivity index (χ0) is 20.0. The van der Waals surface area contributed by atoms with Crippen molar-refractivity contribution in [3.05, 3.63) is 52.6 Å². The van der Waals surface area contributed by atoms with E-state index in [9.17, 15) is 9.18 Å². The number of aldehydes is 1. The Morgan fingerprint density at radius 1 is 1.28 bits per heavy atom. The number of piperidine rings is 1. The number of likely N-dealkylation sites (tertiary alicyclic amines) is 1. The Kier molecular flexibility index (Phi) is 5.18. The highest BCUT2D eigenvalue weighted by atomic mass is 35.5. The maximum atomic E-state index is 14.5. The molecule has 1 aromatic heterocycles. The van der Waals surface area contributed by atoms with Crippen LogP contribution in [0.15, 0.2) is 24.3 Å². The predicted molar refractivity (Wildman–Crippen MR) is 110 cm³/mol. The third-order valence-corrected chi connectivity index (χ3v) is 7.17. The van der Waals surface area contributed by atoms with Gasteiger partial charge in [0.1, 0.15) is 11.5 Å². The van der Waals surface area contributed by atoms with Crippen LogP contribution >= 0.6 is 11.6 Å². The van der Waals surface area contributed by atoms with Crippen LogP contribution in [0.5, 0.6) is 0 Å². The van der Waals surface area contributed by atoms with Crippen LogP contribution in [-0.4, -0.2) is 39.6 Å². The van der Waals surface area contributed by atoms with E-state index in [0.29, 0.717) is 17.2 Å². The number of carbonyl (C=O) groups excluding carboxylic acids is 1. The molecule has 3 aliphatic rings. The molecule has 154 valence electrons. The summed E-state index contributed by atoms with van der Waals surface area (Å²) in [5.41, 5.74) is 3.00. The van der Waals surface area contributed by atoms with Crippen LogP contribution in [0.4, 0.5) is 4.39 Å². The number of rotatable bonds is 5. The summed E-state index contributed by atoms with van der Waals surface area (Å²) in [6.45, 7) is 3.15. The molecule has 2 fully saturated rings. The molecule has 5 nitrogen and oxygen atoms in total. The average molecular weight is 417 g/mol. The van der Waals surface area contributed by atoms with E-state index in [4.69, 9.17) is 11.6 Å². The molecule has 3 unspecified atom stereocenters. The van der Waals surface area contributed by atoms with Crippen molar-refractivity contribution in [2.24, 2.45) is 5.92 Å². The summed E-state index contributed by atoms with van der Waals surface area (Å²) in [5, 5.41) is 8.13. The lowest BCUT2D eigenvalue weighted by atomic mass is 9.87. The summed E-state index contributed by atoms with van der Waals surface area (Å²) in [6, 6.07) is 6.90. The SMILES string of the molecule is O=Cc1nn(CC2CC2)c2c1C(N1CCCC(c3ccccc3F)C1Cl)CNC2. The van der Waals surface area contributed by atoms with Crippen LogP contribution in [0.1, 0.15) is 65.0 Å². The lowest BCUT2D eigenvalue weighted by molar-refractivity contribution is 0.108. The molecule has 0 amide bonds. The molecule has 29 heavy (non-hydrogen) atoms. The second kappa shape index (κ2) is 7.82. The highest BCUT2D eigenvalue weighted by molar-refractivity contribution is 6.21. The average Bonchev–Trinajstić information content (AvgIpc) is 3.48. The van der Waals surface area contributed by atoms with Crippen molar-refractivity contribution in [1.82, 2.24) is 20.0 Å². The highest BCUT2D eigenvalue weighted by Gasteiger charge is 2.40. The fourth-order valence-corrected chi connectivity index (χ4v) is 5.46. The second-order valence-electron chi connectivity index (χ2n) is 8.52. The Morgan fingerprint density at radius 3 is 2.86 bits per heavy atom.